The highest BCUT2D eigenvalue weighted by molar-refractivity contribution is 5.95. The van der Waals surface area contributed by atoms with Crippen LogP contribution < -0.4 is 20.9 Å². The summed E-state index contributed by atoms with van der Waals surface area (Å²) in [6.45, 7) is 7.40. The van der Waals surface area contributed by atoms with E-state index in [0.717, 1.165) is 5.56 Å². The number of nitro groups is 1. The zero-order valence-corrected chi connectivity index (χ0v) is 20.0. The van der Waals surface area contributed by atoms with Gasteiger partial charge in [-0.1, -0.05) is 12.1 Å². The quantitative estimate of drug-likeness (QED) is 0.410. The maximum Gasteiger partial charge on any atom is 0.319 e. The number of nitro benzene ring substituents is 1. The maximum atomic E-state index is 12.7. The van der Waals surface area contributed by atoms with E-state index in [4.69, 9.17) is 0 Å². The van der Waals surface area contributed by atoms with E-state index in [1.165, 1.54) is 13.0 Å². The number of carbonyl (C=O) groups is 3. The maximum absolute atomic E-state index is 12.7. The van der Waals surface area contributed by atoms with Gasteiger partial charge < -0.3 is 25.8 Å². The summed E-state index contributed by atoms with van der Waals surface area (Å²) in [6, 6.07) is 11.2. The molecule has 0 unspecified atom stereocenters. The summed E-state index contributed by atoms with van der Waals surface area (Å²) in [6.07, 6.45) is 0. The number of amides is 4. The van der Waals surface area contributed by atoms with Crippen LogP contribution in [0, 0.1) is 10.1 Å². The van der Waals surface area contributed by atoms with Gasteiger partial charge in [-0.25, -0.2) is 4.79 Å². The van der Waals surface area contributed by atoms with Gasteiger partial charge in [-0.3, -0.25) is 19.7 Å². The number of nitrogens with zero attached hydrogens (tertiary/aromatic N) is 3. The van der Waals surface area contributed by atoms with Gasteiger partial charge in [0.25, 0.3) is 11.6 Å². The Balaban J connectivity index is 1.61. The third kappa shape index (κ3) is 6.92. The SMILES string of the molecule is CC(=O)N1CCN(c2ccc(C(=O)NCc3ccc(NC(=O)NC(C)C)cc3)cc2[N+](=O)[O-])CC1. The van der Waals surface area contributed by atoms with Gasteiger partial charge in [0, 0.05) is 63.0 Å². The third-order valence-corrected chi connectivity index (χ3v) is 5.58. The fourth-order valence-corrected chi connectivity index (χ4v) is 3.76. The van der Waals surface area contributed by atoms with E-state index in [-0.39, 0.29) is 35.8 Å². The second-order valence-corrected chi connectivity index (χ2v) is 8.59. The van der Waals surface area contributed by atoms with Crippen molar-refractivity contribution in [2.75, 3.05) is 36.4 Å². The Labute approximate surface area is 203 Å². The number of carbonyl (C=O) groups excluding carboxylic acids is 3. The standard InChI is InChI=1S/C24H30N6O5/c1-16(2)26-24(33)27-20-7-4-18(5-8-20)15-25-23(32)19-6-9-21(22(14-19)30(34)35)29-12-10-28(11-13-29)17(3)31/h4-9,14,16H,10-13,15H2,1-3H3,(H,25,32)(H2,26,27,33). The average molecular weight is 483 g/mol. The van der Waals surface area contributed by atoms with Gasteiger partial charge in [0.2, 0.25) is 5.91 Å². The van der Waals surface area contributed by atoms with Gasteiger partial charge in [0.15, 0.2) is 0 Å². The Morgan fingerprint density at radius 1 is 1.03 bits per heavy atom. The minimum atomic E-state index is -0.495. The largest absolute Gasteiger partial charge is 0.362 e. The van der Waals surface area contributed by atoms with E-state index < -0.39 is 10.8 Å². The molecule has 35 heavy (non-hydrogen) atoms. The number of hydrogen-bond acceptors (Lipinski definition) is 6. The zero-order valence-electron chi connectivity index (χ0n) is 20.0. The number of nitrogens with one attached hydrogen (secondary N) is 3. The highest BCUT2D eigenvalue weighted by Crippen LogP contribution is 2.30. The van der Waals surface area contributed by atoms with Crippen molar-refractivity contribution >= 4 is 34.9 Å². The van der Waals surface area contributed by atoms with Crippen LogP contribution in [0.25, 0.3) is 0 Å². The number of anilines is 2. The number of urea groups is 1. The molecular formula is C24H30N6O5. The molecule has 3 rings (SSSR count). The van der Waals surface area contributed by atoms with Gasteiger partial charge in [0.05, 0.1) is 4.92 Å². The monoisotopic (exact) mass is 482 g/mol. The molecule has 2 aromatic carbocycles. The molecule has 1 fully saturated rings. The minimum Gasteiger partial charge on any atom is -0.362 e. The molecule has 2 aromatic rings. The van der Waals surface area contributed by atoms with E-state index in [1.807, 2.05) is 18.7 Å². The Hall–Kier alpha value is -4.15. The molecule has 3 N–H and O–H groups in total. The fourth-order valence-electron chi connectivity index (χ4n) is 3.76. The molecule has 0 saturated carbocycles. The van der Waals surface area contributed by atoms with Crippen LogP contribution in [-0.2, 0) is 11.3 Å². The van der Waals surface area contributed by atoms with Gasteiger partial charge >= 0.3 is 6.03 Å². The lowest BCUT2D eigenvalue weighted by atomic mass is 10.1. The predicted molar refractivity (Wildman–Crippen MR) is 132 cm³/mol. The van der Waals surface area contributed by atoms with Crippen molar-refractivity contribution in [3.8, 4) is 0 Å². The third-order valence-electron chi connectivity index (χ3n) is 5.58. The summed E-state index contributed by atoms with van der Waals surface area (Å²) in [5.74, 6) is -0.451. The van der Waals surface area contributed by atoms with Crippen molar-refractivity contribution in [1.29, 1.82) is 0 Å². The summed E-state index contributed by atoms with van der Waals surface area (Å²) in [4.78, 5) is 50.7. The Bertz CT molecular complexity index is 1090. The molecule has 0 radical (unpaired) electrons. The summed E-state index contributed by atoms with van der Waals surface area (Å²) in [5.41, 5.74) is 1.89. The topological polar surface area (TPSA) is 137 Å². The molecule has 0 bridgehead atoms. The van der Waals surface area contributed by atoms with Crippen molar-refractivity contribution in [3.05, 3.63) is 63.7 Å². The average Bonchev–Trinajstić information content (AvgIpc) is 2.82. The molecule has 0 atom stereocenters. The van der Waals surface area contributed by atoms with E-state index in [9.17, 15) is 24.5 Å². The normalized spacial score (nSPS) is 13.4. The van der Waals surface area contributed by atoms with Crippen molar-refractivity contribution in [3.63, 3.8) is 0 Å². The first kappa shape index (κ1) is 25.5. The molecule has 1 aliphatic rings. The molecule has 0 aliphatic carbocycles. The summed E-state index contributed by atoms with van der Waals surface area (Å²) >= 11 is 0. The lowest BCUT2D eigenvalue weighted by Gasteiger charge is -2.35. The predicted octanol–water partition coefficient (Wildman–Crippen LogP) is 2.72. The lowest BCUT2D eigenvalue weighted by Crippen LogP contribution is -2.48. The molecular weight excluding hydrogens is 452 g/mol. The number of piperazine rings is 1. The summed E-state index contributed by atoms with van der Waals surface area (Å²) in [5, 5.41) is 19.9. The van der Waals surface area contributed by atoms with Crippen molar-refractivity contribution in [2.24, 2.45) is 0 Å². The summed E-state index contributed by atoms with van der Waals surface area (Å²) < 4.78 is 0. The van der Waals surface area contributed by atoms with E-state index in [2.05, 4.69) is 16.0 Å². The molecule has 186 valence electrons. The highest BCUT2D eigenvalue weighted by Gasteiger charge is 2.25. The van der Waals surface area contributed by atoms with E-state index >= 15 is 0 Å². The summed E-state index contributed by atoms with van der Waals surface area (Å²) in [7, 11) is 0. The van der Waals surface area contributed by atoms with Crippen LogP contribution in [0.3, 0.4) is 0 Å². The zero-order chi connectivity index (χ0) is 25.5. The first-order chi connectivity index (χ1) is 16.6. The van der Waals surface area contributed by atoms with Crippen molar-refractivity contribution < 1.29 is 19.3 Å². The Morgan fingerprint density at radius 2 is 1.69 bits per heavy atom. The van der Waals surface area contributed by atoms with Crippen LogP contribution in [0.4, 0.5) is 21.9 Å². The van der Waals surface area contributed by atoms with Crippen LogP contribution in [-0.4, -0.2) is 59.9 Å². The fraction of sp³-hybridized carbons (Fsp3) is 0.375. The van der Waals surface area contributed by atoms with Gasteiger partial charge in [-0.05, 0) is 43.7 Å². The second-order valence-electron chi connectivity index (χ2n) is 8.59. The van der Waals surface area contributed by atoms with Crippen LogP contribution in [0.5, 0.6) is 0 Å². The number of benzene rings is 2. The molecule has 0 aromatic heterocycles. The highest BCUT2D eigenvalue weighted by atomic mass is 16.6. The second kappa shape index (κ2) is 11.3. The molecule has 1 saturated heterocycles. The molecule has 11 nitrogen and oxygen atoms in total. The molecule has 1 heterocycles. The lowest BCUT2D eigenvalue weighted by molar-refractivity contribution is -0.384. The van der Waals surface area contributed by atoms with Crippen LogP contribution in [0.2, 0.25) is 0 Å². The smallest absolute Gasteiger partial charge is 0.319 e. The van der Waals surface area contributed by atoms with Crippen LogP contribution in [0.1, 0.15) is 36.7 Å². The van der Waals surface area contributed by atoms with E-state index in [0.29, 0.717) is 37.6 Å². The van der Waals surface area contributed by atoms with Crippen LogP contribution in [0.15, 0.2) is 42.5 Å². The van der Waals surface area contributed by atoms with Gasteiger partial charge in [0.1, 0.15) is 5.69 Å². The molecule has 1 aliphatic heterocycles. The van der Waals surface area contributed by atoms with E-state index in [1.54, 1.807) is 41.3 Å². The Morgan fingerprint density at radius 3 is 2.26 bits per heavy atom. The van der Waals surface area contributed by atoms with Crippen LogP contribution >= 0.6 is 0 Å². The number of rotatable bonds is 7. The Kier molecular flexibility index (Phi) is 8.24. The first-order valence-corrected chi connectivity index (χ1v) is 11.4. The molecule has 11 heteroatoms. The van der Waals surface area contributed by atoms with Gasteiger partial charge in [-0.15, -0.1) is 0 Å². The number of hydrogen-bond donors (Lipinski definition) is 3. The van der Waals surface area contributed by atoms with Crippen molar-refractivity contribution in [1.82, 2.24) is 15.5 Å². The molecule has 0 spiro atoms. The molecule has 4 amide bonds. The first-order valence-electron chi connectivity index (χ1n) is 11.4. The minimum absolute atomic E-state index is 0.0197. The van der Waals surface area contributed by atoms with Gasteiger partial charge in [-0.2, -0.15) is 0 Å². The van der Waals surface area contributed by atoms with Crippen molar-refractivity contribution in [2.45, 2.75) is 33.4 Å².